The van der Waals surface area contributed by atoms with Crippen LogP contribution in [-0.2, 0) is 9.59 Å². The molecule has 32 heavy (non-hydrogen) atoms. The summed E-state index contributed by atoms with van der Waals surface area (Å²) in [7, 11) is 0. The first-order valence-corrected chi connectivity index (χ1v) is 11.5. The summed E-state index contributed by atoms with van der Waals surface area (Å²) in [4.78, 5) is 30.9. The number of carboxylic acid groups (broad SMARTS) is 1. The van der Waals surface area contributed by atoms with E-state index in [0.29, 0.717) is 28.1 Å². The SMILES string of the molecule is C/C(=C\C(=O)N(CC1CC1)[C@H](c1nc2ccccc2s1)[C@H](O)c1cccc(Cl)c1)C(=O)O. The second-order valence-electron chi connectivity index (χ2n) is 8.03. The zero-order chi connectivity index (χ0) is 22.8. The topological polar surface area (TPSA) is 90.7 Å². The maximum absolute atomic E-state index is 13.3. The molecule has 2 N–H and O–H groups in total. The zero-order valence-electron chi connectivity index (χ0n) is 17.4. The number of fused-ring (bicyclic) bond motifs is 1. The molecule has 0 unspecified atom stereocenters. The van der Waals surface area contributed by atoms with Crippen molar-refractivity contribution in [2.75, 3.05) is 6.54 Å². The predicted molar refractivity (Wildman–Crippen MR) is 125 cm³/mol. The molecular weight excluding hydrogens is 448 g/mol. The van der Waals surface area contributed by atoms with Gasteiger partial charge in [-0.05, 0) is 55.5 Å². The number of aliphatic carboxylic acids is 1. The molecule has 0 bridgehead atoms. The molecule has 1 aliphatic carbocycles. The highest BCUT2D eigenvalue weighted by molar-refractivity contribution is 7.18. The van der Waals surface area contributed by atoms with Gasteiger partial charge in [-0.3, -0.25) is 4.79 Å². The van der Waals surface area contributed by atoms with Crippen LogP contribution >= 0.6 is 22.9 Å². The van der Waals surface area contributed by atoms with Crippen LogP contribution in [-0.4, -0.2) is 38.5 Å². The summed E-state index contributed by atoms with van der Waals surface area (Å²) in [5, 5.41) is 21.8. The minimum atomic E-state index is -1.16. The van der Waals surface area contributed by atoms with Gasteiger partial charge < -0.3 is 15.1 Å². The Bertz CT molecular complexity index is 1150. The number of rotatable bonds is 8. The molecule has 4 rings (SSSR count). The van der Waals surface area contributed by atoms with Crippen LogP contribution in [0.15, 0.2) is 60.2 Å². The summed E-state index contributed by atoms with van der Waals surface area (Å²) in [6.45, 7) is 1.80. The Kier molecular flexibility index (Phi) is 6.60. The van der Waals surface area contributed by atoms with Crippen LogP contribution in [0.25, 0.3) is 10.2 Å². The Morgan fingerprint density at radius 2 is 2.00 bits per heavy atom. The molecule has 1 aliphatic rings. The van der Waals surface area contributed by atoms with E-state index in [9.17, 15) is 19.8 Å². The number of thiazole rings is 1. The number of halogens is 1. The molecular formula is C24H23ClN2O4S. The fraction of sp³-hybridized carbons (Fsp3) is 0.292. The quantitative estimate of drug-likeness (QED) is 0.452. The number of carbonyl (C=O) groups is 2. The van der Waals surface area contributed by atoms with Crippen LogP contribution < -0.4 is 0 Å². The number of hydrogen-bond acceptors (Lipinski definition) is 5. The van der Waals surface area contributed by atoms with Crippen LogP contribution in [0.1, 0.15) is 42.5 Å². The minimum absolute atomic E-state index is 0.0592. The Morgan fingerprint density at radius 3 is 2.66 bits per heavy atom. The third kappa shape index (κ3) is 5.01. The van der Waals surface area contributed by atoms with E-state index in [4.69, 9.17) is 16.6 Å². The highest BCUT2D eigenvalue weighted by Gasteiger charge is 2.37. The number of carboxylic acids is 1. The minimum Gasteiger partial charge on any atom is -0.478 e. The maximum Gasteiger partial charge on any atom is 0.331 e. The molecule has 166 valence electrons. The van der Waals surface area contributed by atoms with Gasteiger partial charge in [-0.2, -0.15) is 0 Å². The van der Waals surface area contributed by atoms with Gasteiger partial charge in [0, 0.05) is 23.2 Å². The van der Waals surface area contributed by atoms with Crippen molar-refractivity contribution in [1.29, 1.82) is 0 Å². The molecule has 1 amide bonds. The van der Waals surface area contributed by atoms with Gasteiger partial charge in [0.25, 0.3) is 0 Å². The van der Waals surface area contributed by atoms with E-state index in [1.54, 1.807) is 29.2 Å². The van der Waals surface area contributed by atoms with E-state index in [-0.39, 0.29) is 5.57 Å². The van der Waals surface area contributed by atoms with Crippen molar-refractivity contribution in [1.82, 2.24) is 9.88 Å². The van der Waals surface area contributed by atoms with Gasteiger partial charge in [-0.25, -0.2) is 9.78 Å². The highest BCUT2D eigenvalue weighted by atomic mass is 35.5. The predicted octanol–water partition coefficient (Wildman–Crippen LogP) is 4.99. The average molecular weight is 471 g/mol. The van der Waals surface area contributed by atoms with E-state index in [1.165, 1.54) is 18.3 Å². The second-order valence-corrected chi connectivity index (χ2v) is 9.53. The average Bonchev–Trinajstić information content (AvgIpc) is 3.48. The van der Waals surface area contributed by atoms with E-state index in [0.717, 1.165) is 29.1 Å². The number of benzene rings is 2. The monoisotopic (exact) mass is 470 g/mol. The maximum atomic E-state index is 13.3. The number of aliphatic hydroxyl groups excluding tert-OH is 1. The lowest BCUT2D eigenvalue weighted by atomic mass is 10.0. The molecule has 0 saturated heterocycles. The standard InChI is InChI=1S/C24H23ClN2O4S/c1-14(24(30)31)11-20(28)27(13-15-9-10-15)21(22(29)16-5-4-6-17(25)12-16)23-26-18-7-2-3-8-19(18)32-23/h2-8,11-12,15,21-22,29H,9-10,13H2,1H3,(H,30,31)/b14-11+/t21-,22+/m0/s1. The van der Waals surface area contributed by atoms with Crippen LogP contribution in [0.3, 0.4) is 0 Å². The van der Waals surface area contributed by atoms with Crippen molar-refractivity contribution in [3.05, 3.63) is 75.8 Å². The van der Waals surface area contributed by atoms with Crippen molar-refractivity contribution in [3.63, 3.8) is 0 Å². The van der Waals surface area contributed by atoms with E-state index in [1.807, 2.05) is 24.3 Å². The van der Waals surface area contributed by atoms with Crippen LogP contribution in [0.2, 0.25) is 5.02 Å². The van der Waals surface area contributed by atoms with Crippen LogP contribution in [0.4, 0.5) is 0 Å². The first kappa shape index (κ1) is 22.5. The molecule has 6 nitrogen and oxygen atoms in total. The third-order valence-corrected chi connectivity index (χ3v) is 6.84. The van der Waals surface area contributed by atoms with E-state index >= 15 is 0 Å². The summed E-state index contributed by atoms with van der Waals surface area (Å²) in [5.74, 6) is -1.29. The molecule has 1 saturated carbocycles. The molecule has 0 spiro atoms. The first-order valence-electron chi connectivity index (χ1n) is 10.3. The lowest BCUT2D eigenvalue weighted by Crippen LogP contribution is -2.39. The number of aliphatic hydroxyl groups is 1. The summed E-state index contributed by atoms with van der Waals surface area (Å²) in [6.07, 6.45) is 2.02. The van der Waals surface area contributed by atoms with Gasteiger partial charge in [0.05, 0.1) is 10.2 Å². The molecule has 2 atom stereocenters. The number of amides is 1. The molecule has 1 aromatic heterocycles. The number of hydrogen-bond donors (Lipinski definition) is 2. The molecule has 3 aromatic rings. The molecule has 2 aromatic carbocycles. The normalized spacial score (nSPS) is 16.0. The number of para-hydroxylation sites is 1. The van der Waals surface area contributed by atoms with Crippen LogP contribution in [0, 0.1) is 5.92 Å². The second kappa shape index (κ2) is 9.40. The van der Waals surface area contributed by atoms with E-state index in [2.05, 4.69) is 0 Å². The Hall–Kier alpha value is -2.74. The van der Waals surface area contributed by atoms with Gasteiger partial charge in [0.1, 0.15) is 17.2 Å². The fourth-order valence-electron chi connectivity index (χ4n) is 3.58. The van der Waals surface area contributed by atoms with Crippen molar-refractivity contribution < 1.29 is 19.8 Å². The summed E-state index contributed by atoms with van der Waals surface area (Å²) < 4.78 is 0.946. The summed E-state index contributed by atoms with van der Waals surface area (Å²) >= 11 is 7.58. The lowest BCUT2D eigenvalue weighted by Gasteiger charge is -2.33. The summed E-state index contributed by atoms with van der Waals surface area (Å²) in [5.41, 5.74) is 1.29. The molecule has 0 radical (unpaired) electrons. The molecule has 8 heteroatoms. The van der Waals surface area contributed by atoms with Crippen molar-refractivity contribution >= 4 is 45.0 Å². The molecule has 1 fully saturated rings. The molecule has 0 aliphatic heterocycles. The van der Waals surface area contributed by atoms with Crippen LogP contribution in [0.5, 0.6) is 0 Å². The van der Waals surface area contributed by atoms with Gasteiger partial charge in [-0.1, -0.05) is 35.9 Å². The third-order valence-electron chi connectivity index (χ3n) is 5.50. The fourth-order valence-corrected chi connectivity index (χ4v) is 4.89. The highest BCUT2D eigenvalue weighted by Crippen LogP contribution is 2.41. The van der Waals surface area contributed by atoms with Gasteiger partial charge in [0.15, 0.2) is 0 Å². The Balaban J connectivity index is 1.81. The van der Waals surface area contributed by atoms with Gasteiger partial charge in [0.2, 0.25) is 5.91 Å². The van der Waals surface area contributed by atoms with Crippen molar-refractivity contribution in [2.24, 2.45) is 5.92 Å². The largest absolute Gasteiger partial charge is 0.478 e. The first-order chi connectivity index (χ1) is 15.3. The lowest BCUT2D eigenvalue weighted by molar-refractivity contribution is -0.135. The van der Waals surface area contributed by atoms with E-state index < -0.39 is 24.0 Å². The van der Waals surface area contributed by atoms with Crippen molar-refractivity contribution in [2.45, 2.75) is 31.9 Å². The number of nitrogens with zero attached hydrogens (tertiary/aromatic N) is 2. The Labute approximate surface area is 194 Å². The Morgan fingerprint density at radius 1 is 1.25 bits per heavy atom. The smallest absolute Gasteiger partial charge is 0.331 e. The van der Waals surface area contributed by atoms with Crippen molar-refractivity contribution in [3.8, 4) is 0 Å². The molecule has 1 heterocycles. The number of aromatic nitrogens is 1. The zero-order valence-corrected chi connectivity index (χ0v) is 19.0. The number of carbonyl (C=O) groups excluding carboxylic acids is 1. The van der Waals surface area contributed by atoms with Gasteiger partial charge >= 0.3 is 5.97 Å². The summed E-state index contributed by atoms with van der Waals surface area (Å²) in [6, 6.07) is 13.8. The van der Waals surface area contributed by atoms with Gasteiger partial charge in [-0.15, -0.1) is 11.3 Å².